The van der Waals surface area contributed by atoms with Gasteiger partial charge >= 0.3 is 5.97 Å². The van der Waals surface area contributed by atoms with E-state index in [9.17, 15) is 63.3 Å². The summed E-state index contributed by atoms with van der Waals surface area (Å²) in [6.45, 7) is 6.26. The number of Topliss-reactive ketones (excluding diaryl/α,β-unsaturated/α-hetero) is 4. The number of nitrogens with one attached hydrogen (secondary N) is 5. The summed E-state index contributed by atoms with van der Waals surface area (Å²) in [4.78, 5) is 142. The summed E-state index contributed by atoms with van der Waals surface area (Å²) in [6, 6.07) is 1.95. The molecule has 25 nitrogen and oxygen atoms in total. The molecule has 0 aliphatic rings. The number of aliphatic hydroxyl groups is 3. The Kier molecular flexibility index (Phi) is 40.0. The van der Waals surface area contributed by atoms with Crippen LogP contribution in [0.1, 0.15) is 188 Å². The van der Waals surface area contributed by atoms with Crippen molar-refractivity contribution in [3.05, 3.63) is 35.9 Å². The first-order chi connectivity index (χ1) is 40.8. The number of aliphatic imine (C=N–C) groups is 2. The van der Waals surface area contributed by atoms with Crippen molar-refractivity contribution in [2.45, 2.75) is 225 Å². The lowest BCUT2D eigenvalue weighted by Crippen LogP contribution is -2.57. The number of hydrogen-bond donors (Lipinski definition) is 13. The Bertz CT molecular complexity index is 2310. The Morgan fingerprint density at radius 1 is 0.500 bits per heavy atom. The lowest BCUT2D eigenvalue weighted by Gasteiger charge is -2.28. The second kappa shape index (κ2) is 44.6. The van der Waals surface area contributed by atoms with E-state index in [4.69, 9.17) is 28.0 Å². The zero-order chi connectivity index (χ0) is 64.6. The molecular formula is C61H103N11O14. The van der Waals surface area contributed by atoms with Gasteiger partial charge in [0.25, 0.3) is 0 Å². The fraction of sp³-hybridized carbons (Fsp3) is 0.705. The number of aliphatic hydroxyl groups excluding tert-OH is 3. The Morgan fingerprint density at radius 2 is 0.977 bits per heavy atom. The molecule has 5 amide bonds. The van der Waals surface area contributed by atoms with Crippen molar-refractivity contribution in [1.82, 2.24) is 26.6 Å². The monoisotopic (exact) mass is 1210 g/mol. The molecule has 0 unspecified atom stereocenters. The van der Waals surface area contributed by atoms with Gasteiger partial charge in [-0.25, -0.2) is 0 Å². The summed E-state index contributed by atoms with van der Waals surface area (Å²) in [5.41, 5.74) is 22.6. The molecule has 0 saturated heterocycles. The average molecular weight is 1210 g/mol. The Hall–Kier alpha value is -6.86. The van der Waals surface area contributed by atoms with E-state index in [0.29, 0.717) is 12.0 Å². The predicted molar refractivity (Wildman–Crippen MR) is 328 cm³/mol. The first-order valence-corrected chi connectivity index (χ1v) is 30.7. The fourth-order valence-electron chi connectivity index (χ4n) is 9.78. The lowest BCUT2D eigenvalue weighted by atomic mass is 9.87. The van der Waals surface area contributed by atoms with Crippen molar-refractivity contribution in [3.8, 4) is 0 Å². The summed E-state index contributed by atoms with van der Waals surface area (Å²) in [6.07, 6.45) is 11.4. The van der Waals surface area contributed by atoms with Gasteiger partial charge in [-0.15, -0.1) is 0 Å². The van der Waals surface area contributed by atoms with Gasteiger partial charge in [-0.05, 0) is 70.3 Å². The normalized spacial score (nSPS) is 14.3. The van der Waals surface area contributed by atoms with Crippen molar-refractivity contribution in [2.75, 3.05) is 26.3 Å². The van der Waals surface area contributed by atoms with Crippen molar-refractivity contribution in [2.24, 2.45) is 56.6 Å². The quantitative estimate of drug-likeness (QED) is 0.0253. The van der Waals surface area contributed by atoms with Crippen LogP contribution in [0.5, 0.6) is 0 Å². The molecule has 0 saturated carbocycles. The first-order valence-electron chi connectivity index (χ1n) is 30.7. The maximum Gasteiger partial charge on any atom is 0.303 e. The van der Waals surface area contributed by atoms with Gasteiger partial charge in [-0.3, -0.25) is 57.9 Å². The topological polar surface area (TPSA) is 441 Å². The summed E-state index contributed by atoms with van der Waals surface area (Å²) in [7, 11) is 0. The van der Waals surface area contributed by atoms with Gasteiger partial charge in [0.2, 0.25) is 29.5 Å². The number of carboxylic acids is 1. The number of carboxylic acid groups (broad SMARTS) is 1. The molecule has 17 N–H and O–H groups in total. The molecule has 9 atom stereocenters. The molecule has 86 heavy (non-hydrogen) atoms. The van der Waals surface area contributed by atoms with Crippen molar-refractivity contribution >= 4 is 70.6 Å². The van der Waals surface area contributed by atoms with E-state index >= 15 is 0 Å². The molecule has 25 heteroatoms. The minimum absolute atomic E-state index is 0.00327. The molecule has 0 fully saturated rings. The van der Waals surface area contributed by atoms with Crippen LogP contribution in [0.15, 0.2) is 40.3 Å². The third-order valence-corrected chi connectivity index (χ3v) is 14.9. The number of carbonyl (C=O) groups excluding carboxylic acids is 9. The summed E-state index contributed by atoms with van der Waals surface area (Å²) < 4.78 is 0. The average Bonchev–Trinajstić information content (AvgIpc) is 2.70. The molecule has 0 aliphatic carbocycles. The van der Waals surface area contributed by atoms with E-state index in [1.807, 2.05) is 0 Å². The third-order valence-electron chi connectivity index (χ3n) is 14.9. The zero-order valence-corrected chi connectivity index (χ0v) is 51.5. The van der Waals surface area contributed by atoms with Crippen molar-refractivity contribution < 1.29 is 68.4 Å². The highest BCUT2D eigenvalue weighted by molar-refractivity contribution is 5.98. The Labute approximate surface area is 507 Å². The van der Waals surface area contributed by atoms with E-state index < -0.39 is 158 Å². The fourth-order valence-corrected chi connectivity index (χ4v) is 9.78. The summed E-state index contributed by atoms with van der Waals surface area (Å²) in [5.74, 6) is -12.5. The maximum absolute atomic E-state index is 14.5. The molecule has 486 valence electrons. The van der Waals surface area contributed by atoms with E-state index in [1.165, 1.54) is 58.3 Å². The number of rotatable bonds is 50. The van der Waals surface area contributed by atoms with Crippen LogP contribution in [0.25, 0.3) is 0 Å². The van der Waals surface area contributed by atoms with Gasteiger partial charge in [0, 0.05) is 57.0 Å². The number of nitrogens with two attached hydrogens (primary N) is 4. The van der Waals surface area contributed by atoms with Gasteiger partial charge in [-0.1, -0.05) is 128 Å². The van der Waals surface area contributed by atoms with Crippen LogP contribution in [-0.2, 0) is 54.4 Å². The molecule has 0 spiro atoms. The van der Waals surface area contributed by atoms with Crippen LogP contribution in [0.3, 0.4) is 0 Å². The van der Waals surface area contributed by atoms with E-state index in [-0.39, 0.29) is 70.0 Å². The smallest absolute Gasteiger partial charge is 0.303 e. The minimum Gasteiger partial charge on any atom is -0.481 e. The van der Waals surface area contributed by atoms with E-state index in [1.54, 1.807) is 44.2 Å². The highest BCUT2D eigenvalue weighted by atomic mass is 16.4. The molecule has 1 rings (SSSR count). The molecular weight excluding hydrogens is 1110 g/mol. The molecule has 0 aliphatic heterocycles. The highest BCUT2D eigenvalue weighted by Crippen LogP contribution is 2.21. The van der Waals surface area contributed by atoms with Crippen LogP contribution >= 0.6 is 0 Å². The first kappa shape index (κ1) is 77.2. The third kappa shape index (κ3) is 33.7. The molecule has 1 aromatic carbocycles. The highest BCUT2D eigenvalue weighted by Gasteiger charge is 2.36. The molecule has 1 aromatic rings. The molecule has 0 bridgehead atoms. The number of amides is 5. The maximum atomic E-state index is 14.5. The number of aliphatic carboxylic acids is 1. The molecule has 0 radical (unpaired) electrons. The number of nitrogens with zero attached hydrogens (tertiary/aromatic N) is 2. The second-order valence-electron chi connectivity index (χ2n) is 22.8. The molecule has 0 aromatic heterocycles. The number of guanidine groups is 2. The van der Waals surface area contributed by atoms with Crippen LogP contribution in [0.2, 0.25) is 0 Å². The number of unbranched alkanes of at least 4 members (excludes halogenated alkanes) is 12. The Morgan fingerprint density at radius 3 is 1.48 bits per heavy atom. The summed E-state index contributed by atoms with van der Waals surface area (Å²) >= 11 is 0. The van der Waals surface area contributed by atoms with Crippen LogP contribution in [0.4, 0.5) is 0 Å². The van der Waals surface area contributed by atoms with Gasteiger partial charge in [0.15, 0.2) is 35.1 Å². The SMILES string of the molecule is CCCCCCCCCCCCCCCC(=O)N[C@@H](C(=O)N[C@@H](C(=O)C[C@@H](Cc1ccccc1)C(=O)N[C@@H](CCCN=C(N)N)C(=O)C[C@@H](CO)C(=O)N[C@@H](CO)C(=O)C[C@@H](CCCN=C(N)N)C(=O)N[C@@H](CCC(=O)O)C(C)=O)C(C)C)[C@@H](C)O. The standard InChI is InChI=1S/C61H103N11O14/c1-6-7-8-9-10-11-12-13-14-15-16-17-21-28-52(80)71-55(41(5)76)59(86)72-54(39(2)3)51(79)35-44(33-42-24-19-18-20-25-42)57(84)69-47(27-23-32-67-61(64)65)49(77)36-45(37-73)58(85)70-48(38-74)50(78)34-43(26-22-31-66-60(62)63)56(83)68-46(40(4)75)29-30-53(81)82/h18-20,24-25,39,41,43-48,54-55,73-74,76H,6-17,21-23,26-38H2,1-5H3,(H,68,83)(H,69,84)(H,70,85)(H,71,80)(H,72,86)(H,81,82)(H4,62,63,66)(H4,64,65,67)/t41-,43-,44-,45+,46+,47+,48+,54-,55-/m1/s1. The van der Waals surface area contributed by atoms with E-state index in [2.05, 4.69) is 43.5 Å². The van der Waals surface area contributed by atoms with E-state index in [0.717, 1.165) is 32.6 Å². The van der Waals surface area contributed by atoms with Crippen molar-refractivity contribution in [3.63, 3.8) is 0 Å². The largest absolute Gasteiger partial charge is 0.481 e. The van der Waals surface area contributed by atoms with Gasteiger partial charge < -0.3 is 69.9 Å². The summed E-state index contributed by atoms with van der Waals surface area (Å²) in [5, 5.41) is 53.5. The lowest BCUT2D eigenvalue weighted by molar-refractivity contribution is -0.138. The van der Waals surface area contributed by atoms with Gasteiger partial charge in [-0.2, -0.15) is 0 Å². The number of benzene rings is 1. The number of carbonyl (C=O) groups is 10. The predicted octanol–water partition coefficient (Wildman–Crippen LogP) is 2.44. The Balaban J connectivity index is 3.31. The molecule has 0 heterocycles. The number of ketones is 4. The minimum atomic E-state index is -1.66. The van der Waals surface area contributed by atoms with Gasteiger partial charge in [0.05, 0.1) is 43.4 Å². The van der Waals surface area contributed by atoms with Crippen LogP contribution in [0, 0.1) is 23.7 Å². The van der Waals surface area contributed by atoms with Gasteiger partial charge in [0.1, 0.15) is 12.1 Å². The van der Waals surface area contributed by atoms with Crippen LogP contribution in [-0.4, -0.2) is 154 Å². The van der Waals surface area contributed by atoms with Crippen LogP contribution < -0.4 is 49.5 Å². The zero-order valence-electron chi connectivity index (χ0n) is 51.5. The second-order valence-corrected chi connectivity index (χ2v) is 22.8. The number of hydrogen-bond acceptors (Lipinski definition) is 15. The van der Waals surface area contributed by atoms with Crippen molar-refractivity contribution in [1.29, 1.82) is 0 Å².